The number of nitrogen functional groups attached to an aromatic ring is 1. The van der Waals surface area contributed by atoms with Crippen LogP contribution in [0.25, 0.3) is 0 Å². The number of benzene rings is 1. The number of nitrogens with two attached hydrogens (primary N) is 1. The molecule has 1 rings (SSSR count). The van der Waals surface area contributed by atoms with E-state index in [1.807, 2.05) is 25.1 Å². The molecule has 0 spiro atoms. The molecule has 90 valence electrons. The van der Waals surface area contributed by atoms with Crippen molar-refractivity contribution < 1.29 is 9.84 Å². The van der Waals surface area contributed by atoms with Crippen LogP contribution in [0.3, 0.4) is 0 Å². The molecule has 1 aromatic rings. The van der Waals surface area contributed by atoms with Gasteiger partial charge in [-0.1, -0.05) is 6.07 Å². The zero-order valence-electron chi connectivity index (χ0n) is 9.86. The van der Waals surface area contributed by atoms with Crippen LogP contribution < -0.4 is 11.1 Å². The van der Waals surface area contributed by atoms with E-state index in [1.165, 1.54) is 0 Å². The lowest BCUT2D eigenvalue weighted by atomic mass is 10.1. The molecule has 0 saturated carbocycles. The third-order valence-electron chi connectivity index (χ3n) is 2.47. The predicted octanol–water partition coefficient (Wildman–Crippen LogP) is 1.39. The number of nitrogens with one attached hydrogen (secondary N) is 1. The monoisotopic (exact) mass is 224 g/mol. The molecule has 16 heavy (non-hydrogen) atoms. The number of aryl methyl sites for hydroxylation is 1. The fourth-order valence-corrected chi connectivity index (χ4v) is 1.57. The van der Waals surface area contributed by atoms with E-state index < -0.39 is 0 Å². The molecule has 0 heterocycles. The molecular weight excluding hydrogens is 204 g/mol. The first-order valence-corrected chi connectivity index (χ1v) is 5.40. The van der Waals surface area contributed by atoms with Crippen molar-refractivity contribution in [1.82, 2.24) is 0 Å². The maximum atomic E-state index is 8.94. The molecule has 4 N–H and O–H groups in total. The van der Waals surface area contributed by atoms with Crippen molar-refractivity contribution in [2.45, 2.75) is 19.4 Å². The van der Waals surface area contributed by atoms with Crippen molar-refractivity contribution in [2.75, 3.05) is 31.4 Å². The molecule has 0 aromatic heterocycles. The second kappa shape index (κ2) is 6.35. The van der Waals surface area contributed by atoms with Crippen LogP contribution in [0.1, 0.15) is 12.0 Å². The van der Waals surface area contributed by atoms with E-state index >= 15 is 0 Å². The Bertz CT molecular complexity index is 323. The summed E-state index contributed by atoms with van der Waals surface area (Å²) >= 11 is 0. The van der Waals surface area contributed by atoms with Gasteiger partial charge < -0.3 is 20.9 Å². The van der Waals surface area contributed by atoms with Crippen molar-refractivity contribution >= 4 is 11.4 Å². The van der Waals surface area contributed by atoms with E-state index in [1.54, 1.807) is 7.11 Å². The Kier molecular flexibility index (Phi) is 5.08. The van der Waals surface area contributed by atoms with Crippen molar-refractivity contribution in [2.24, 2.45) is 0 Å². The van der Waals surface area contributed by atoms with E-state index in [-0.39, 0.29) is 12.6 Å². The fraction of sp³-hybridized carbons (Fsp3) is 0.500. The van der Waals surface area contributed by atoms with Gasteiger partial charge in [0.25, 0.3) is 0 Å². The normalized spacial score (nSPS) is 12.4. The molecule has 0 aliphatic carbocycles. The number of hydrogen-bond acceptors (Lipinski definition) is 4. The maximum Gasteiger partial charge on any atom is 0.0664 e. The Morgan fingerprint density at radius 1 is 1.50 bits per heavy atom. The van der Waals surface area contributed by atoms with Crippen molar-refractivity contribution in [3.63, 3.8) is 0 Å². The summed E-state index contributed by atoms with van der Waals surface area (Å²) in [6.45, 7) is 2.72. The predicted molar refractivity (Wildman–Crippen MR) is 66.6 cm³/mol. The molecule has 0 aliphatic heterocycles. The molecular formula is C12H20N2O2. The van der Waals surface area contributed by atoms with Crippen LogP contribution in [0, 0.1) is 6.92 Å². The second-order valence-electron chi connectivity index (χ2n) is 3.88. The maximum absolute atomic E-state index is 8.94. The first kappa shape index (κ1) is 12.8. The summed E-state index contributed by atoms with van der Waals surface area (Å²) < 4.78 is 5.09. The van der Waals surface area contributed by atoms with E-state index in [9.17, 15) is 0 Å². The van der Waals surface area contributed by atoms with Crippen LogP contribution in [0.15, 0.2) is 18.2 Å². The molecule has 0 aliphatic rings. The Hall–Kier alpha value is -1.26. The average molecular weight is 224 g/mol. The van der Waals surface area contributed by atoms with E-state index in [4.69, 9.17) is 15.6 Å². The Morgan fingerprint density at radius 3 is 2.88 bits per heavy atom. The van der Waals surface area contributed by atoms with Crippen molar-refractivity contribution in [3.8, 4) is 0 Å². The number of aliphatic hydroxyl groups is 1. The van der Waals surface area contributed by atoms with Crippen LogP contribution in [-0.2, 0) is 4.74 Å². The highest BCUT2D eigenvalue weighted by Gasteiger charge is 2.09. The minimum Gasteiger partial charge on any atom is -0.399 e. The lowest BCUT2D eigenvalue weighted by molar-refractivity contribution is 0.170. The fourth-order valence-electron chi connectivity index (χ4n) is 1.57. The summed E-state index contributed by atoms with van der Waals surface area (Å²) in [6.07, 6.45) is 0.655. The molecule has 4 nitrogen and oxygen atoms in total. The molecule has 0 fully saturated rings. The Morgan fingerprint density at radius 2 is 2.25 bits per heavy atom. The van der Waals surface area contributed by atoms with Gasteiger partial charge in [-0.3, -0.25) is 0 Å². The number of ether oxygens (including phenoxy) is 1. The van der Waals surface area contributed by atoms with Crippen LogP contribution >= 0.6 is 0 Å². The number of rotatable bonds is 6. The third kappa shape index (κ3) is 3.72. The van der Waals surface area contributed by atoms with Crippen LogP contribution in [0.4, 0.5) is 11.4 Å². The lowest BCUT2D eigenvalue weighted by Crippen LogP contribution is -2.26. The van der Waals surface area contributed by atoms with Gasteiger partial charge in [0.1, 0.15) is 0 Å². The minimum atomic E-state index is 0.107. The molecule has 1 aromatic carbocycles. The topological polar surface area (TPSA) is 67.5 Å². The van der Waals surface area contributed by atoms with Gasteiger partial charge in [-0.15, -0.1) is 0 Å². The molecule has 0 amide bonds. The van der Waals surface area contributed by atoms with Gasteiger partial charge in [0.15, 0.2) is 0 Å². The SMILES string of the molecule is COCC(CCO)Nc1cc(N)ccc1C. The summed E-state index contributed by atoms with van der Waals surface area (Å²) in [5.41, 5.74) is 8.59. The molecule has 1 unspecified atom stereocenters. The van der Waals surface area contributed by atoms with Crippen LogP contribution in [0.2, 0.25) is 0 Å². The van der Waals surface area contributed by atoms with Crippen molar-refractivity contribution in [1.29, 1.82) is 0 Å². The average Bonchev–Trinajstić information content (AvgIpc) is 2.24. The summed E-state index contributed by atoms with van der Waals surface area (Å²) in [7, 11) is 1.65. The number of methoxy groups -OCH3 is 1. The van der Waals surface area contributed by atoms with Gasteiger partial charge in [0.05, 0.1) is 12.6 Å². The van der Waals surface area contributed by atoms with Crippen LogP contribution in [-0.4, -0.2) is 31.5 Å². The summed E-state index contributed by atoms with van der Waals surface area (Å²) in [5.74, 6) is 0. The summed E-state index contributed by atoms with van der Waals surface area (Å²) in [6, 6.07) is 5.85. The second-order valence-corrected chi connectivity index (χ2v) is 3.88. The standard InChI is InChI=1S/C12H20N2O2/c1-9-3-4-10(13)7-12(9)14-11(5-6-15)8-16-2/h3-4,7,11,14-15H,5-6,8,13H2,1-2H3. The number of hydrogen-bond donors (Lipinski definition) is 3. The first-order valence-electron chi connectivity index (χ1n) is 5.40. The minimum absolute atomic E-state index is 0.107. The highest BCUT2D eigenvalue weighted by molar-refractivity contribution is 5.59. The van der Waals surface area contributed by atoms with Gasteiger partial charge >= 0.3 is 0 Å². The largest absolute Gasteiger partial charge is 0.399 e. The van der Waals surface area contributed by atoms with Crippen LogP contribution in [0.5, 0.6) is 0 Å². The summed E-state index contributed by atoms with van der Waals surface area (Å²) in [4.78, 5) is 0. The smallest absolute Gasteiger partial charge is 0.0664 e. The molecule has 0 bridgehead atoms. The summed E-state index contributed by atoms with van der Waals surface area (Å²) in [5, 5.41) is 12.3. The first-order chi connectivity index (χ1) is 7.67. The molecule has 0 saturated heterocycles. The highest BCUT2D eigenvalue weighted by Crippen LogP contribution is 2.19. The third-order valence-corrected chi connectivity index (χ3v) is 2.47. The molecule has 0 radical (unpaired) electrons. The zero-order chi connectivity index (χ0) is 12.0. The van der Waals surface area contributed by atoms with Gasteiger partial charge in [0.2, 0.25) is 0 Å². The quantitative estimate of drug-likeness (QED) is 0.639. The van der Waals surface area contributed by atoms with Gasteiger partial charge in [-0.25, -0.2) is 0 Å². The van der Waals surface area contributed by atoms with Gasteiger partial charge in [0, 0.05) is 25.1 Å². The molecule has 1 atom stereocenters. The van der Waals surface area contributed by atoms with Crippen molar-refractivity contribution in [3.05, 3.63) is 23.8 Å². The van der Waals surface area contributed by atoms with E-state index in [2.05, 4.69) is 5.32 Å². The Balaban J connectivity index is 2.71. The molecule has 4 heteroatoms. The van der Waals surface area contributed by atoms with E-state index in [0.717, 1.165) is 16.9 Å². The van der Waals surface area contributed by atoms with E-state index in [0.29, 0.717) is 13.0 Å². The van der Waals surface area contributed by atoms with Gasteiger partial charge in [-0.2, -0.15) is 0 Å². The lowest BCUT2D eigenvalue weighted by Gasteiger charge is -2.19. The Labute approximate surface area is 96.4 Å². The highest BCUT2D eigenvalue weighted by atomic mass is 16.5. The number of anilines is 2. The van der Waals surface area contributed by atoms with Gasteiger partial charge in [-0.05, 0) is 31.0 Å². The number of aliphatic hydroxyl groups excluding tert-OH is 1. The zero-order valence-corrected chi connectivity index (χ0v) is 9.86.